The van der Waals surface area contributed by atoms with Gasteiger partial charge in [0.1, 0.15) is 0 Å². The van der Waals surface area contributed by atoms with E-state index in [0.29, 0.717) is 18.7 Å². The van der Waals surface area contributed by atoms with Gasteiger partial charge in [-0.1, -0.05) is 18.2 Å². The largest absolute Gasteiger partial charge is 0.437 e. The maximum absolute atomic E-state index is 14.1. The molecule has 1 saturated carbocycles. The number of oxazole rings is 1. The summed E-state index contributed by atoms with van der Waals surface area (Å²) in [6.45, 7) is 1.38. The standard InChI is InChI=1S/C14H12FNO2/c1-9(17)11-12(14(15)7-8-14)18-13(16-11)10-5-3-2-4-6-10/h2-6H,7-8H2,1H3. The first kappa shape index (κ1) is 11.1. The number of halogens is 1. The summed E-state index contributed by atoms with van der Waals surface area (Å²) in [5.41, 5.74) is -0.620. The lowest BCUT2D eigenvalue weighted by Crippen LogP contribution is -2.04. The van der Waals surface area contributed by atoms with Gasteiger partial charge in [-0.2, -0.15) is 0 Å². The molecule has 0 spiro atoms. The van der Waals surface area contributed by atoms with Crippen molar-refractivity contribution >= 4 is 5.78 Å². The normalized spacial score (nSPS) is 16.6. The molecule has 1 aromatic heterocycles. The van der Waals surface area contributed by atoms with Crippen LogP contribution in [0.2, 0.25) is 0 Å². The van der Waals surface area contributed by atoms with E-state index in [1.165, 1.54) is 6.92 Å². The van der Waals surface area contributed by atoms with E-state index in [4.69, 9.17) is 4.42 Å². The molecule has 0 N–H and O–H groups in total. The van der Waals surface area contributed by atoms with E-state index in [1.807, 2.05) is 30.3 Å². The van der Waals surface area contributed by atoms with Crippen LogP contribution in [0.3, 0.4) is 0 Å². The van der Waals surface area contributed by atoms with Crippen LogP contribution >= 0.6 is 0 Å². The predicted octanol–water partition coefficient (Wildman–Crippen LogP) is 3.50. The third-order valence-electron chi connectivity index (χ3n) is 3.08. The maximum atomic E-state index is 14.1. The Labute approximate surface area is 104 Å². The molecule has 1 heterocycles. The van der Waals surface area contributed by atoms with Gasteiger partial charge in [-0.15, -0.1) is 0 Å². The topological polar surface area (TPSA) is 43.1 Å². The average molecular weight is 245 g/mol. The van der Waals surface area contributed by atoms with E-state index in [9.17, 15) is 9.18 Å². The number of Topliss-reactive ketones (excluding diaryl/α,β-unsaturated/α-hetero) is 1. The van der Waals surface area contributed by atoms with Crippen LogP contribution in [0, 0.1) is 0 Å². The minimum atomic E-state index is -1.49. The van der Waals surface area contributed by atoms with Crippen LogP contribution in [0.4, 0.5) is 4.39 Å². The second-order valence-electron chi connectivity index (χ2n) is 4.58. The van der Waals surface area contributed by atoms with Crippen LogP contribution in [0.5, 0.6) is 0 Å². The first-order chi connectivity index (χ1) is 8.60. The summed E-state index contributed by atoms with van der Waals surface area (Å²) >= 11 is 0. The van der Waals surface area contributed by atoms with Gasteiger partial charge in [-0.05, 0) is 25.0 Å². The zero-order valence-electron chi connectivity index (χ0n) is 9.94. The number of nitrogens with zero attached hydrogens (tertiary/aromatic N) is 1. The Morgan fingerprint density at radius 1 is 1.33 bits per heavy atom. The van der Waals surface area contributed by atoms with Crippen LogP contribution < -0.4 is 0 Å². The fourth-order valence-electron chi connectivity index (χ4n) is 1.90. The van der Waals surface area contributed by atoms with Crippen LogP contribution in [-0.4, -0.2) is 10.8 Å². The monoisotopic (exact) mass is 245 g/mol. The SMILES string of the molecule is CC(=O)c1nc(-c2ccccc2)oc1C1(F)CC1. The van der Waals surface area contributed by atoms with Crippen molar-refractivity contribution in [1.82, 2.24) is 4.98 Å². The number of carbonyl (C=O) groups is 1. The van der Waals surface area contributed by atoms with E-state index < -0.39 is 5.67 Å². The molecule has 0 atom stereocenters. The second kappa shape index (κ2) is 3.77. The number of ketones is 1. The summed E-state index contributed by atoms with van der Waals surface area (Å²) in [4.78, 5) is 15.6. The van der Waals surface area contributed by atoms with Gasteiger partial charge >= 0.3 is 0 Å². The van der Waals surface area contributed by atoms with Crippen molar-refractivity contribution in [2.75, 3.05) is 0 Å². The fraction of sp³-hybridized carbons (Fsp3) is 0.286. The molecule has 0 aliphatic heterocycles. The maximum Gasteiger partial charge on any atom is 0.227 e. The Morgan fingerprint density at radius 3 is 2.56 bits per heavy atom. The van der Waals surface area contributed by atoms with Gasteiger partial charge in [0.15, 0.2) is 22.9 Å². The van der Waals surface area contributed by atoms with E-state index in [-0.39, 0.29) is 17.2 Å². The van der Waals surface area contributed by atoms with Crippen LogP contribution in [0.25, 0.3) is 11.5 Å². The van der Waals surface area contributed by atoms with Gasteiger partial charge in [-0.3, -0.25) is 4.79 Å². The van der Waals surface area contributed by atoms with Crippen LogP contribution in [-0.2, 0) is 5.67 Å². The van der Waals surface area contributed by atoms with Crippen molar-refractivity contribution in [1.29, 1.82) is 0 Å². The summed E-state index contributed by atoms with van der Waals surface area (Å²) in [6, 6.07) is 9.19. The third-order valence-corrected chi connectivity index (χ3v) is 3.08. The van der Waals surface area contributed by atoms with Gasteiger partial charge in [0, 0.05) is 12.5 Å². The second-order valence-corrected chi connectivity index (χ2v) is 4.58. The number of rotatable bonds is 3. The van der Waals surface area contributed by atoms with Crippen molar-refractivity contribution in [3.05, 3.63) is 41.8 Å². The van der Waals surface area contributed by atoms with Crippen molar-refractivity contribution in [2.45, 2.75) is 25.4 Å². The molecular formula is C14H12FNO2. The summed E-state index contributed by atoms with van der Waals surface area (Å²) in [7, 11) is 0. The molecule has 1 fully saturated rings. The number of hydrogen-bond acceptors (Lipinski definition) is 3. The van der Waals surface area contributed by atoms with Crippen LogP contribution in [0.15, 0.2) is 34.7 Å². The van der Waals surface area contributed by atoms with Gasteiger partial charge in [0.05, 0.1) is 0 Å². The van der Waals surface area contributed by atoms with Crippen molar-refractivity contribution in [2.24, 2.45) is 0 Å². The summed E-state index contributed by atoms with van der Waals surface area (Å²) in [6.07, 6.45) is 0.799. The number of benzene rings is 1. The van der Waals surface area contributed by atoms with E-state index >= 15 is 0 Å². The zero-order chi connectivity index (χ0) is 12.8. The highest BCUT2D eigenvalue weighted by atomic mass is 19.1. The van der Waals surface area contributed by atoms with Gasteiger partial charge in [0.25, 0.3) is 0 Å². The highest BCUT2D eigenvalue weighted by Gasteiger charge is 2.51. The number of aromatic nitrogens is 1. The van der Waals surface area contributed by atoms with Crippen molar-refractivity contribution in [3.63, 3.8) is 0 Å². The number of alkyl halides is 1. The Morgan fingerprint density at radius 2 is 2.00 bits per heavy atom. The number of hydrogen-bond donors (Lipinski definition) is 0. The minimum absolute atomic E-state index is 0.0915. The lowest BCUT2D eigenvalue weighted by atomic mass is 10.2. The Kier molecular flexibility index (Phi) is 2.33. The van der Waals surface area contributed by atoms with E-state index in [2.05, 4.69) is 4.98 Å². The zero-order valence-corrected chi connectivity index (χ0v) is 9.94. The molecule has 1 aliphatic rings. The minimum Gasteiger partial charge on any atom is -0.437 e. The molecular weight excluding hydrogens is 233 g/mol. The smallest absolute Gasteiger partial charge is 0.227 e. The lowest BCUT2D eigenvalue weighted by molar-refractivity contribution is 0.100. The van der Waals surface area contributed by atoms with Gasteiger partial charge in [0.2, 0.25) is 5.89 Å². The first-order valence-electron chi connectivity index (χ1n) is 5.87. The molecule has 18 heavy (non-hydrogen) atoms. The van der Waals surface area contributed by atoms with Crippen molar-refractivity contribution in [3.8, 4) is 11.5 Å². The summed E-state index contributed by atoms with van der Waals surface area (Å²) < 4.78 is 19.6. The molecule has 0 amide bonds. The van der Waals surface area contributed by atoms with E-state index in [1.54, 1.807) is 0 Å². The van der Waals surface area contributed by atoms with Gasteiger partial charge < -0.3 is 4.42 Å². The number of carbonyl (C=O) groups excluding carboxylic acids is 1. The molecule has 2 aromatic rings. The molecule has 1 aliphatic carbocycles. The van der Waals surface area contributed by atoms with Crippen LogP contribution in [0.1, 0.15) is 36.0 Å². The van der Waals surface area contributed by atoms with E-state index in [0.717, 1.165) is 5.56 Å². The summed E-state index contributed by atoms with van der Waals surface area (Å²) in [5.74, 6) is 0.133. The molecule has 0 unspecified atom stereocenters. The fourth-order valence-corrected chi connectivity index (χ4v) is 1.90. The molecule has 0 saturated heterocycles. The molecule has 4 heteroatoms. The molecule has 3 nitrogen and oxygen atoms in total. The highest BCUT2D eigenvalue weighted by Crippen LogP contribution is 2.51. The quantitative estimate of drug-likeness (QED) is 0.777. The average Bonchev–Trinajstić information content (AvgIpc) is 2.96. The molecule has 92 valence electrons. The predicted molar refractivity (Wildman–Crippen MR) is 64.0 cm³/mol. The molecule has 3 rings (SSSR count). The Bertz CT molecular complexity index is 600. The van der Waals surface area contributed by atoms with Crippen molar-refractivity contribution < 1.29 is 13.6 Å². The van der Waals surface area contributed by atoms with Gasteiger partial charge in [-0.25, -0.2) is 9.37 Å². The lowest BCUT2D eigenvalue weighted by Gasteiger charge is -2.00. The highest BCUT2D eigenvalue weighted by molar-refractivity contribution is 5.94. The Balaban J connectivity index is 2.11. The third kappa shape index (κ3) is 1.74. The molecule has 0 bridgehead atoms. The first-order valence-corrected chi connectivity index (χ1v) is 5.87. The molecule has 0 radical (unpaired) electrons. The summed E-state index contributed by atoms with van der Waals surface area (Å²) in [5, 5.41) is 0. The Hall–Kier alpha value is -1.97. The molecule has 1 aromatic carbocycles.